The molecule has 0 N–H and O–H groups in total. The van der Waals surface area contributed by atoms with Crippen LogP contribution in [-0.2, 0) is 12.2 Å². The van der Waals surface area contributed by atoms with E-state index in [2.05, 4.69) is 32.5 Å². The highest BCUT2D eigenvalue weighted by atomic mass is 35.5. The summed E-state index contributed by atoms with van der Waals surface area (Å²) in [4.78, 5) is 4.49. The molecule has 0 aliphatic carbocycles. The highest BCUT2D eigenvalue weighted by Crippen LogP contribution is 2.27. The fraction of sp³-hybridized carbons (Fsp3) is 0.0909. The van der Waals surface area contributed by atoms with E-state index in [0.29, 0.717) is 28.9 Å². The van der Waals surface area contributed by atoms with Crippen LogP contribution in [0.5, 0.6) is 0 Å². The monoisotopic (exact) mass is 465 g/mol. The van der Waals surface area contributed by atoms with Gasteiger partial charge in [0.2, 0.25) is 11.7 Å². The molecule has 0 atom stereocenters. The van der Waals surface area contributed by atoms with Crippen LogP contribution >= 0.6 is 34.7 Å². The number of nitrogens with zero attached hydrogens (tertiary/aromatic N) is 5. The molecule has 0 amide bonds. The highest BCUT2D eigenvalue weighted by molar-refractivity contribution is 7.98. The molecule has 3 aromatic heterocycles. The van der Waals surface area contributed by atoms with Gasteiger partial charge in [0.15, 0.2) is 5.16 Å². The smallest absolute Gasteiger partial charge is 0.237 e. The summed E-state index contributed by atoms with van der Waals surface area (Å²) >= 11 is 9.20. The van der Waals surface area contributed by atoms with Crippen LogP contribution < -0.4 is 0 Å². The first-order chi connectivity index (χ1) is 15.3. The normalized spacial score (nSPS) is 11.1. The lowest BCUT2D eigenvalue weighted by Crippen LogP contribution is -2.04. The maximum atomic E-state index is 6.10. The first kappa shape index (κ1) is 20.0. The van der Waals surface area contributed by atoms with Crippen molar-refractivity contribution in [2.45, 2.75) is 17.3 Å². The summed E-state index contributed by atoms with van der Waals surface area (Å²) in [5.74, 6) is 2.48. The van der Waals surface area contributed by atoms with Crippen molar-refractivity contribution in [3.05, 3.63) is 93.7 Å². The fourth-order valence-electron chi connectivity index (χ4n) is 3.08. The predicted molar refractivity (Wildman–Crippen MR) is 123 cm³/mol. The van der Waals surface area contributed by atoms with Gasteiger partial charge in [0.05, 0.1) is 5.75 Å². The molecule has 9 heteroatoms. The summed E-state index contributed by atoms with van der Waals surface area (Å²) < 4.78 is 7.47. The molecule has 0 fully saturated rings. The molecule has 0 unspecified atom stereocenters. The number of halogens is 1. The standard InChI is InChI=1S/C22H16ClN5OS2/c23-17-6-8-18(9-7-17)28-19(12-15-4-2-1-3-5-15)25-26-22(28)31-14-20-24-21(27-29-20)16-10-11-30-13-16/h1-11,13H,12,14H2. The van der Waals surface area contributed by atoms with Crippen LogP contribution in [-0.4, -0.2) is 24.9 Å². The number of hydrogen-bond donors (Lipinski definition) is 0. The second-order valence-electron chi connectivity index (χ2n) is 6.69. The summed E-state index contributed by atoms with van der Waals surface area (Å²) in [6.07, 6.45) is 0.667. The maximum absolute atomic E-state index is 6.10. The molecule has 0 bridgehead atoms. The van der Waals surface area contributed by atoms with Crippen molar-refractivity contribution in [2.24, 2.45) is 0 Å². The Kier molecular flexibility index (Phi) is 5.84. The molecule has 0 aliphatic heterocycles. The number of benzene rings is 2. The van der Waals surface area contributed by atoms with E-state index >= 15 is 0 Å². The zero-order chi connectivity index (χ0) is 21.0. The van der Waals surface area contributed by atoms with E-state index in [1.807, 2.05) is 63.9 Å². The van der Waals surface area contributed by atoms with Gasteiger partial charge in [-0.3, -0.25) is 4.57 Å². The first-order valence-electron chi connectivity index (χ1n) is 9.48. The lowest BCUT2D eigenvalue weighted by Gasteiger charge is -2.10. The van der Waals surface area contributed by atoms with Gasteiger partial charge in [-0.05, 0) is 41.3 Å². The minimum absolute atomic E-state index is 0.494. The van der Waals surface area contributed by atoms with Crippen LogP contribution in [0.15, 0.2) is 81.1 Å². The molecule has 3 heterocycles. The van der Waals surface area contributed by atoms with Gasteiger partial charge in [-0.1, -0.05) is 58.9 Å². The van der Waals surface area contributed by atoms with Crippen LogP contribution in [0, 0.1) is 0 Å². The lowest BCUT2D eigenvalue weighted by molar-refractivity contribution is 0.391. The summed E-state index contributed by atoms with van der Waals surface area (Å²) in [6.45, 7) is 0. The molecule has 31 heavy (non-hydrogen) atoms. The average molecular weight is 466 g/mol. The third kappa shape index (κ3) is 4.56. The minimum Gasteiger partial charge on any atom is -0.338 e. The van der Waals surface area contributed by atoms with E-state index < -0.39 is 0 Å². The highest BCUT2D eigenvalue weighted by Gasteiger charge is 2.17. The molecule has 0 saturated heterocycles. The fourth-order valence-corrected chi connectivity index (χ4v) is 4.65. The van der Waals surface area contributed by atoms with Gasteiger partial charge in [0.1, 0.15) is 5.82 Å². The molecular formula is C22H16ClN5OS2. The topological polar surface area (TPSA) is 69.6 Å². The van der Waals surface area contributed by atoms with Crippen molar-refractivity contribution in [3.8, 4) is 17.1 Å². The summed E-state index contributed by atoms with van der Waals surface area (Å²) in [7, 11) is 0. The third-order valence-electron chi connectivity index (χ3n) is 4.56. The van der Waals surface area contributed by atoms with Gasteiger partial charge in [-0.2, -0.15) is 16.3 Å². The lowest BCUT2D eigenvalue weighted by atomic mass is 10.1. The second-order valence-corrected chi connectivity index (χ2v) is 8.84. The Bertz CT molecular complexity index is 1270. The molecule has 5 rings (SSSR count). The molecule has 154 valence electrons. The Morgan fingerprint density at radius 1 is 1.00 bits per heavy atom. The van der Waals surface area contributed by atoms with E-state index in [1.54, 1.807) is 11.3 Å². The van der Waals surface area contributed by atoms with E-state index in [9.17, 15) is 0 Å². The van der Waals surface area contributed by atoms with Crippen molar-refractivity contribution in [1.29, 1.82) is 0 Å². The van der Waals surface area contributed by atoms with Gasteiger partial charge >= 0.3 is 0 Å². The molecule has 0 radical (unpaired) electrons. The van der Waals surface area contributed by atoms with E-state index in [0.717, 1.165) is 22.2 Å². The number of hydrogen-bond acceptors (Lipinski definition) is 7. The Labute approximate surface area is 191 Å². The van der Waals surface area contributed by atoms with Crippen molar-refractivity contribution >= 4 is 34.7 Å². The Morgan fingerprint density at radius 2 is 1.84 bits per heavy atom. The van der Waals surface area contributed by atoms with Gasteiger partial charge in [0, 0.05) is 28.1 Å². The number of thioether (sulfide) groups is 1. The summed E-state index contributed by atoms with van der Waals surface area (Å²) in [5, 5.41) is 18.4. The second kappa shape index (κ2) is 9.05. The van der Waals surface area contributed by atoms with Crippen molar-refractivity contribution < 1.29 is 4.52 Å². The maximum Gasteiger partial charge on any atom is 0.237 e. The van der Waals surface area contributed by atoms with Crippen LogP contribution in [0.4, 0.5) is 0 Å². The molecule has 0 saturated carbocycles. The van der Waals surface area contributed by atoms with E-state index in [4.69, 9.17) is 16.1 Å². The summed E-state index contributed by atoms with van der Waals surface area (Å²) in [6, 6.07) is 19.8. The van der Waals surface area contributed by atoms with Gasteiger partial charge in [-0.15, -0.1) is 10.2 Å². The number of aromatic nitrogens is 5. The Balaban J connectivity index is 1.42. The van der Waals surface area contributed by atoms with Crippen molar-refractivity contribution in [1.82, 2.24) is 24.9 Å². The van der Waals surface area contributed by atoms with E-state index in [-0.39, 0.29) is 0 Å². The van der Waals surface area contributed by atoms with Crippen molar-refractivity contribution in [3.63, 3.8) is 0 Å². The third-order valence-corrected chi connectivity index (χ3v) is 6.41. The van der Waals surface area contributed by atoms with Crippen molar-refractivity contribution in [2.75, 3.05) is 0 Å². The SMILES string of the molecule is Clc1ccc(-n2c(Cc3ccccc3)nnc2SCc2nc(-c3ccsc3)no2)cc1. The quantitative estimate of drug-likeness (QED) is 0.278. The zero-order valence-corrected chi connectivity index (χ0v) is 18.6. The van der Waals surface area contributed by atoms with Crippen LogP contribution in [0.2, 0.25) is 5.02 Å². The summed E-state index contributed by atoms with van der Waals surface area (Å²) in [5.41, 5.74) is 3.07. The average Bonchev–Trinajstić information content (AvgIpc) is 3.55. The van der Waals surface area contributed by atoms with Crippen LogP contribution in [0.25, 0.3) is 17.1 Å². The Hall–Kier alpha value is -2.94. The van der Waals surface area contributed by atoms with Gasteiger partial charge in [0.25, 0.3) is 0 Å². The minimum atomic E-state index is 0.494. The zero-order valence-electron chi connectivity index (χ0n) is 16.2. The number of thiophene rings is 1. The molecular weight excluding hydrogens is 450 g/mol. The Morgan fingerprint density at radius 3 is 2.61 bits per heavy atom. The molecule has 6 nitrogen and oxygen atoms in total. The molecule has 5 aromatic rings. The predicted octanol–water partition coefficient (Wildman–Crippen LogP) is 5.92. The molecule has 0 aliphatic rings. The largest absolute Gasteiger partial charge is 0.338 e. The first-order valence-corrected chi connectivity index (χ1v) is 11.8. The van der Waals surface area contributed by atoms with Gasteiger partial charge in [-0.25, -0.2) is 0 Å². The van der Waals surface area contributed by atoms with Crippen LogP contribution in [0.1, 0.15) is 17.3 Å². The number of rotatable bonds is 7. The van der Waals surface area contributed by atoms with E-state index in [1.165, 1.54) is 17.3 Å². The van der Waals surface area contributed by atoms with Crippen LogP contribution in [0.3, 0.4) is 0 Å². The van der Waals surface area contributed by atoms with Gasteiger partial charge < -0.3 is 4.52 Å². The molecule has 0 spiro atoms. The molecule has 2 aromatic carbocycles.